The first kappa shape index (κ1) is 35.1. The quantitative estimate of drug-likeness (QED) is 0.348. The number of hydrogen-bond donors (Lipinski definition) is 3. The molecule has 1 aliphatic rings. The minimum atomic E-state index is -5.08. The molecule has 1 aliphatic heterocycles. The number of alkyl halides is 6. The number of nitrogens with zero attached hydrogens (tertiary/aromatic N) is 4. The number of aliphatic carboxylic acids is 2. The Labute approximate surface area is 242 Å². The Kier molecular flexibility index (Phi) is 11.9. The molecule has 0 bridgehead atoms. The maximum atomic E-state index is 13.6. The van der Waals surface area contributed by atoms with Crippen molar-refractivity contribution in [2.45, 2.75) is 24.8 Å². The third-order valence-corrected chi connectivity index (χ3v) is 5.78. The van der Waals surface area contributed by atoms with Gasteiger partial charge in [-0.05, 0) is 36.2 Å². The molecule has 3 aromatic rings. The first-order chi connectivity index (χ1) is 20.4. The summed E-state index contributed by atoms with van der Waals surface area (Å²) < 4.78 is 90.3. The molecule has 10 nitrogen and oxygen atoms in total. The molecule has 3 N–H and O–H groups in total. The van der Waals surface area contributed by atoms with Crippen molar-refractivity contribution < 1.29 is 59.7 Å². The molecule has 0 radical (unpaired) electrons. The Morgan fingerprint density at radius 3 is 1.95 bits per heavy atom. The Hall–Kier alpha value is -5.05. The molecule has 1 atom stereocenters. The fourth-order valence-corrected chi connectivity index (χ4v) is 3.71. The third kappa shape index (κ3) is 10.3. The van der Waals surface area contributed by atoms with Crippen molar-refractivity contribution >= 4 is 23.5 Å². The normalized spacial score (nSPS) is 14.3. The van der Waals surface area contributed by atoms with Gasteiger partial charge in [-0.15, -0.1) is 0 Å². The van der Waals surface area contributed by atoms with E-state index < -0.39 is 35.9 Å². The molecule has 0 saturated carbocycles. The van der Waals surface area contributed by atoms with E-state index in [0.717, 1.165) is 23.4 Å². The fourth-order valence-electron chi connectivity index (χ4n) is 3.71. The summed E-state index contributed by atoms with van der Waals surface area (Å²) in [4.78, 5) is 41.4. The lowest BCUT2D eigenvalue weighted by molar-refractivity contribution is -0.193. The van der Waals surface area contributed by atoms with Crippen LogP contribution in [0.1, 0.15) is 22.9 Å². The summed E-state index contributed by atoms with van der Waals surface area (Å²) in [6.07, 6.45) is -6.20. The van der Waals surface area contributed by atoms with Crippen LogP contribution in [0.2, 0.25) is 0 Å². The number of amides is 1. The number of halogens is 8. The molecule has 1 fully saturated rings. The second-order valence-electron chi connectivity index (χ2n) is 8.76. The molecule has 1 aromatic heterocycles. The molecule has 0 aliphatic carbocycles. The van der Waals surface area contributed by atoms with Crippen molar-refractivity contribution in [1.82, 2.24) is 14.9 Å². The van der Waals surface area contributed by atoms with Crippen molar-refractivity contribution in [1.29, 1.82) is 5.26 Å². The maximum absolute atomic E-state index is 13.6. The summed E-state index contributed by atoms with van der Waals surface area (Å²) in [5.41, 5.74) is 2.86. The van der Waals surface area contributed by atoms with Crippen LogP contribution >= 0.6 is 0 Å². The first-order valence-electron chi connectivity index (χ1n) is 12.0. The molecule has 2 aromatic carbocycles. The zero-order chi connectivity index (χ0) is 33.2. The minimum absolute atomic E-state index is 0.114. The molecule has 2 heterocycles. The van der Waals surface area contributed by atoms with Crippen molar-refractivity contribution in [2.24, 2.45) is 0 Å². The Morgan fingerprint density at radius 1 is 0.955 bits per heavy atom. The highest BCUT2D eigenvalue weighted by atomic mass is 19.4. The van der Waals surface area contributed by atoms with Gasteiger partial charge in [0.15, 0.2) is 11.6 Å². The zero-order valence-corrected chi connectivity index (χ0v) is 22.0. The lowest BCUT2D eigenvalue weighted by atomic mass is 10.00. The number of aromatic nitrogens is 2. The summed E-state index contributed by atoms with van der Waals surface area (Å²) in [6.45, 7) is 1.06. The number of benzene rings is 2. The summed E-state index contributed by atoms with van der Waals surface area (Å²) in [5.74, 6) is -7.61. The second-order valence-corrected chi connectivity index (χ2v) is 8.76. The van der Waals surface area contributed by atoms with Crippen molar-refractivity contribution in [3.8, 4) is 6.07 Å². The monoisotopic (exact) mass is 635 g/mol. The fraction of sp³-hybridized carbons (Fsp3) is 0.269. The average molecular weight is 635 g/mol. The predicted molar refractivity (Wildman–Crippen MR) is 134 cm³/mol. The van der Waals surface area contributed by atoms with Gasteiger partial charge in [-0.25, -0.2) is 23.4 Å². The predicted octanol–water partition coefficient (Wildman–Crippen LogP) is 4.46. The Morgan fingerprint density at radius 2 is 1.52 bits per heavy atom. The largest absolute Gasteiger partial charge is 0.490 e. The first-order valence-corrected chi connectivity index (χ1v) is 12.0. The highest BCUT2D eigenvalue weighted by molar-refractivity contribution is 5.95. The molecule has 4 rings (SSSR count). The summed E-state index contributed by atoms with van der Waals surface area (Å²) in [7, 11) is 0. The van der Waals surface area contributed by atoms with E-state index in [2.05, 4.69) is 16.0 Å². The number of H-pyrrole nitrogens is 1. The minimum Gasteiger partial charge on any atom is -0.475 e. The number of carbonyl (C=O) groups is 3. The van der Waals surface area contributed by atoms with Crippen LogP contribution in [0, 0.1) is 23.0 Å². The van der Waals surface area contributed by atoms with Gasteiger partial charge in [0, 0.05) is 31.0 Å². The lowest BCUT2D eigenvalue weighted by Crippen LogP contribution is -2.52. The van der Waals surface area contributed by atoms with Gasteiger partial charge in [0.25, 0.3) is 0 Å². The number of imidazole rings is 1. The van der Waals surface area contributed by atoms with Gasteiger partial charge < -0.3 is 20.1 Å². The molecular weight excluding hydrogens is 614 g/mol. The molecule has 236 valence electrons. The molecule has 1 saturated heterocycles. The molecule has 44 heavy (non-hydrogen) atoms. The number of nitrogens with one attached hydrogen (secondary N) is 1. The van der Waals surface area contributed by atoms with Gasteiger partial charge in [0.1, 0.15) is 0 Å². The van der Waals surface area contributed by atoms with Crippen LogP contribution in [0.25, 0.3) is 0 Å². The van der Waals surface area contributed by atoms with Gasteiger partial charge in [-0.1, -0.05) is 12.1 Å². The van der Waals surface area contributed by atoms with Gasteiger partial charge in [-0.3, -0.25) is 9.69 Å². The lowest BCUT2D eigenvalue weighted by Gasteiger charge is -2.38. The smallest absolute Gasteiger partial charge is 0.475 e. The van der Waals surface area contributed by atoms with Crippen LogP contribution in [0.15, 0.2) is 55.0 Å². The number of carboxylic acids is 2. The molecule has 1 amide bonds. The second kappa shape index (κ2) is 14.9. The van der Waals surface area contributed by atoms with Crippen molar-refractivity contribution in [3.63, 3.8) is 0 Å². The number of carboxylic acid groups (broad SMARTS) is 2. The third-order valence-electron chi connectivity index (χ3n) is 5.78. The number of hydrogen-bond acceptors (Lipinski definition) is 6. The average Bonchev–Trinajstić information content (AvgIpc) is 3.48. The van der Waals surface area contributed by atoms with Gasteiger partial charge >= 0.3 is 24.3 Å². The van der Waals surface area contributed by atoms with Crippen molar-refractivity contribution in [3.05, 3.63) is 83.4 Å². The number of piperazine rings is 1. The summed E-state index contributed by atoms with van der Waals surface area (Å²) >= 11 is 0. The number of rotatable bonds is 5. The topological polar surface area (TPSA) is 151 Å². The SMILES string of the molecule is N#Cc1ccc(CC(c2cnc[nH]2)N2CCN(c3ccc(F)c(F)c3)C(=O)C2)cc1.O=C(O)C(F)(F)F.O=C(O)C(F)(F)F. The summed E-state index contributed by atoms with van der Waals surface area (Å²) in [6, 6.07) is 12.8. The van der Waals surface area contributed by atoms with Crippen LogP contribution < -0.4 is 4.90 Å². The summed E-state index contributed by atoms with van der Waals surface area (Å²) in [5, 5.41) is 23.2. The number of anilines is 1. The van der Waals surface area contributed by atoms with Crippen molar-refractivity contribution in [2.75, 3.05) is 24.5 Å². The van der Waals surface area contributed by atoms with E-state index in [1.54, 1.807) is 24.7 Å². The Balaban J connectivity index is 0.000000402. The zero-order valence-electron chi connectivity index (χ0n) is 22.0. The van der Waals surface area contributed by atoms with E-state index in [-0.39, 0.29) is 18.5 Å². The number of nitriles is 1. The van der Waals surface area contributed by atoms with Crippen LogP contribution in [-0.4, -0.2) is 74.9 Å². The van der Waals surface area contributed by atoms with E-state index in [9.17, 15) is 39.9 Å². The van der Waals surface area contributed by atoms with Crippen LogP contribution in [0.3, 0.4) is 0 Å². The van der Waals surface area contributed by atoms with E-state index >= 15 is 0 Å². The van der Waals surface area contributed by atoms with Crippen LogP contribution in [-0.2, 0) is 20.8 Å². The molecule has 18 heteroatoms. The highest BCUT2D eigenvalue weighted by Crippen LogP contribution is 2.27. The maximum Gasteiger partial charge on any atom is 0.490 e. The van der Waals surface area contributed by atoms with Gasteiger partial charge in [-0.2, -0.15) is 31.6 Å². The van der Waals surface area contributed by atoms with E-state index in [1.807, 2.05) is 17.0 Å². The standard InChI is InChI=1S/C22H19F2N5O.2C2HF3O2/c23-18-6-5-17(10-19(18)24)29-8-7-28(13-22(29)30)21(20-12-26-14-27-20)9-15-1-3-16(11-25)4-2-15;2*3-2(4,5)1(6)7/h1-6,10,12,14,21H,7-9,13H2,(H,26,27);2*(H,6,7). The number of aromatic amines is 1. The van der Waals surface area contributed by atoms with E-state index in [0.29, 0.717) is 30.8 Å². The Bertz CT molecular complexity index is 1450. The van der Waals surface area contributed by atoms with E-state index in [1.165, 1.54) is 11.0 Å². The van der Waals surface area contributed by atoms with Crippen LogP contribution in [0.4, 0.5) is 40.8 Å². The highest BCUT2D eigenvalue weighted by Gasteiger charge is 2.39. The molecule has 0 spiro atoms. The van der Waals surface area contributed by atoms with E-state index in [4.69, 9.17) is 25.1 Å². The molecular formula is C26H21F8N5O5. The van der Waals surface area contributed by atoms with Crippen LogP contribution in [0.5, 0.6) is 0 Å². The van der Waals surface area contributed by atoms with Gasteiger partial charge in [0.2, 0.25) is 5.91 Å². The molecule has 1 unspecified atom stereocenters. The van der Waals surface area contributed by atoms with Gasteiger partial charge in [0.05, 0.1) is 36.2 Å². The number of carbonyl (C=O) groups excluding carboxylic acids is 1.